The topological polar surface area (TPSA) is 79.5 Å². The summed E-state index contributed by atoms with van der Waals surface area (Å²) in [6, 6.07) is 7.00. The number of aliphatic hydroxyl groups excluding tert-OH is 1. The molecule has 20 heavy (non-hydrogen) atoms. The molecule has 1 aromatic carbocycles. The molecule has 3 aromatic rings. The Kier molecular flexibility index (Phi) is 3.14. The molecule has 0 unspecified atom stereocenters. The molecule has 3 rings (SSSR count). The Morgan fingerprint density at radius 3 is 2.80 bits per heavy atom. The lowest BCUT2D eigenvalue weighted by Crippen LogP contribution is -2.11. The summed E-state index contributed by atoms with van der Waals surface area (Å²) in [4.78, 5) is 16.2. The average molecular weight is 268 g/mol. The van der Waals surface area contributed by atoms with Crippen molar-refractivity contribution < 1.29 is 9.90 Å². The number of rotatable bonds is 3. The minimum absolute atomic E-state index is 0.0199. The van der Waals surface area contributed by atoms with E-state index in [0.717, 1.165) is 5.56 Å². The van der Waals surface area contributed by atoms with Crippen LogP contribution >= 0.6 is 0 Å². The molecule has 6 heteroatoms. The predicted molar refractivity (Wildman–Crippen MR) is 73.3 cm³/mol. The van der Waals surface area contributed by atoms with Crippen LogP contribution in [-0.4, -0.2) is 25.6 Å². The minimum atomic E-state index is -0.246. The van der Waals surface area contributed by atoms with Gasteiger partial charge in [-0.3, -0.25) is 9.78 Å². The van der Waals surface area contributed by atoms with Crippen molar-refractivity contribution >= 4 is 17.1 Å². The van der Waals surface area contributed by atoms with Crippen LogP contribution in [0.2, 0.25) is 0 Å². The van der Waals surface area contributed by atoms with Gasteiger partial charge in [-0.25, -0.2) is 4.52 Å². The van der Waals surface area contributed by atoms with Crippen molar-refractivity contribution in [2.45, 2.75) is 6.61 Å². The van der Waals surface area contributed by atoms with Crippen LogP contribution in [0.3, 0.4) is 0 Å². The Labute approximate surface area is 114 Å². The molecule has 6 nitrogen and oxygen atoms in total. The van der Waals surface area contributed by atoms with Gasteiger partial charge in [0.1, 0.15) is 0 Å². The summed E-state index contributed by atoms with van der Waals surface area (Å²) in [6.45, 7) is -0.0199. The number of aliphatic hydroxyl groups is 1. The number of aromatic nitrogens is 3. The summed E-state index contributed by atoms with van der Waals surface area (Å²) < 4.78 is 1.59. The molecule has 0 aliphatic heterocycles. The number of carbonyl (C=O) groups excluding carboxylic acids is 1. The third kappa shape index (κ3) is 2.24. The molecule has 0 aliphatic rings. The number of fused-ring (bicyclic) bond motifs is 1. The van der Waals surface area contributed by atoms with Gasteiger partial charge in [-0.05, 0) is 17.7 Å². The summed E-state index contributed by atoms with van der Waals surface area (Å²) in [7, 11) is 0. The number of carbonyl (C=O) groups is 1. The second-order valence-corrected chi connectivity index (χ2v) is 4.27. The predicted octanol–water partition coefficient (Wildman–Crippen LogP) is 1.47. The number of hydrogen-bond acceptors (Lipinski definition) is 4. The first-order chi connectivity index (χ1) is 9.78. The Morgan fingerprint density at radius 2 is 2.05 bits per heavy atom. The molecule has 0 saturated heterocycles. The van der Waals surface area contributed by atoms with Gasteiger partial charge in [0.05, 0.1) is 30.1 Å². The van der Waals surface area contributed by atoms with Crippen LogP contribution in [0.1, 0.15) is 15.9 Å². The second-order valence-electron chi connectivity index (χ2n) is 4.27. The SMILES string of the molecule is O=C(Nc1ccc(CO)cc1)c1cnn2ccncc12. The van der Waals surface area contributed by atoms with Crippen molar-refractivity contribution in [2.75, 3.05) is 5.32 Å². The average Bonchev–Trinajstić information content (AvgIpc) is 2.92. The van der Waals surface area contributed by atoms with Crippen LogP contribution in [-0.2, 0) is 6.61 Å². The summed E-state index contributed by atoms with van der Waals surface area (Å²) in [5.41, 5.74) is 2.57. The van der Waals surface area contributed by atoms with Crippen molar-refractivity contribution in [2.24, 2.45) is 0 Å². The van der Waals surface area contributed by atoms with Gasteiger partial charge in [0.2, 0.25) is 0 Å². The zero-order chi connectivity index (χ0) is 13.9. The highest BCUT2D eigenvalue weighted by Gasteiger charge is 2.12. The molecule has 0 atom stereocenters. The third-order valence-corrected chi connectivity index (χ3v) is 2.96. The van der Waals surface area contributed by atoms with E-state index in [4.69, 9.17) is 5.11 Å². The minimum Gasteiger partial charge on any atom is -0.392 e. The molecule has 0 saturated carbocycles. The van der Waals surface area contributed by atoms with Crippen LogP contribution in [0.25, 0.3) is 5.52 Å². The van der Waals surface area contributed by atoms with Crippen molar-refractivity contribution in [1.82, 2.24) is 14.6 Å². The number of benzene rings is 1. The van der Waals surface area contributed by atoms with Gasteiger partial charge in [0.25, 0.3) is 5.91 Å². The van der Waals surface area contributed by atoms with E-state index < -0.39 is 0 Å². The van der Waals surface area contributed by atoms with Gasteiger partial charge in [-0.1, -0.05) is 12.1 Å². The quantitative estimate of drug-likeness (QED) is 0.754. The van der Waals surface area contributed by atoms with Crippen LogP contribution in [0.5, 0.6) is 0 Å². The Balaban J connectivity index is 1.85. The normalized spacial score (nSPS) is 10.7. The number of nitrogens with one attached hydrogen (secondary N) is 1. The molecular weight excluding hydrogens is 256 g/mol. The summed E-state index contributed by atoms with van der Waals surface area (Å²) in [5.74, 6) is -0.246. The first-order valence-electron chi connectivity index (χ1n) is 6.06. The molecule has 0 radical (unpaired) electrons. The molecule has 2 heterocycles. The fourth-order valence-corrected chi connectivity index (χ4v) is 1.90. The van der Waals surface area contributed by atoms with Crippen LogP contribution < -0.4 is 5.32 Å². The van der Waals surface area contributed by atoms with Crippen LogP contribution in [0.4, 0.5) is 5.69 Å². The van der Waals surface area contributed by atoms with Gasteiger partial charge in [-0.15, -0.1) is 0 Å². The van der Waals surface area contributed by atoms with E-state index >= 15 is 0 Å². The van der Waals surface area contributed by atoms with E-state index in [9.17, 15) is 4.79 Å². The lowest BCUT2D eigenvalue weighted by atomic mass is 10.2. The standard InChI is InChI=1S/C14H12N4O2/c19-9-10-1-3-11(4-2-10)17-14(20)12-7-16-18-6-5-15-8-13(12)18/h1-8,19H,9H2,(H,17,20). The lowest BCUT2D eigenvalue weighted by Gasteiger charge is -2.04. The summed E-state index contributed by atoms with van der Waals surface area (Å²) >= 11 is 0. The first kappa shape index (κ1) is 12.3. The molecule has 0 aliphatic carbocycles. The highest BCUT2D eigenvalue weighted by atomic mass is 16.3. The van der Waals surface area contributed by atoms with Crippen molar-refractivity contribution in [3.05, 3.63) is 60.2 Å². The van der Waals surface area contributed by atoms with Crippen molar-refractivity contribution in [3.63, 3.8) is 0 Å². The van der Waals surface area contributed by atoms with E-state index in [0.29, 0.717) is 16.8 Å². The summed E-state index contributed by atoms with van der Waals surface area (Å²) in [5, 5.41) is 15.9. The maximum absolute atomic E-state index is 12.2. The Morgan fingerprint density at radius 1 is 1.25 bits per heavy atom. The lowest BCUT2D eigenvalue weighted by molar-refractivity contribution is 0.102. The van der Waals surface area contributed by atoms with Gasteiger partial charge in [0.15, 0.2) is 0 Å². The molecule has 2 N–H and O–H groups in total. The van der Waals surface area contributed by atoms with E-state index in [1.54, 1.807) is 47.4 Å². The van der Waals surface area contributed by atoms with E-state index in [1.807, 2.05) is 0 Å². The van der Waals surface area contributed by atoms with Crippen molar-refractivity contribution in [3.8, 4) is 0 Å². The van der Waals surface area contributed by atoms with E-state index in [2.05, 4.69) is 15.4 Å². The highest BCUT2D eigenvalue weighted by Crippen LogP contribution is 2.14. The smallest absolute Gasteiger partial charge is 0.259 e. The molecule has 100 valence electrons. The van der Waals surface area contributed by atoms with Gasteiger partial charge >= 0.3 is 0 Å². The van der Waals surface area contributed by atoms with Crippen LogP contribution in [0.15, 0.2) is 49.1 Å². The third-order valence-electron chi connectivity index (χ3n) is 2.96. The zero-order valence-corrected chi connectivity index (χ0v) is 10.5. The molecule has 0 spiro atoms. The Bertz CT molecular complexity index is 749. The number of hydrogen-bond donors (Lipinski definition) is 2. The van der Waals surface area contributed by atoms with Crippen molar-refractivity contribution in [1.29, 1.82) is 0 Å². The van der Waals surface area contributed by atoms with Gasteiger partial charge in [-0.2, -0.15) is 5.10 Å². The van der Waals surface area contributed by atoms with Gasteiger partial charge in [0, 0.05) is 18.1 Å². The van der Waals surface area contributed by atoms with E-state index in [-0.39, 0.29) is 12.5 Å². The Hall–Kier alpha value is -2.73. The monoisotopic (exact) mass is 268 g/mol. The highest BCUT2D eigenvalue weighted by molar-refractivity contribution is 6.08. The second kappa shape index (κ2) is 5.10. The molecule has 2 aromatic heterocycles. The first-order valence-corrected chi connectivity index (χ1v) is 6.06. The molecule has 0 fully saturated rings. The molecule has 1 amide bonds. The largest absolute Gasteiger partial charge is 0.392 e. The molecular formula is C14H12N4O2. The number of anilines is 1. The number of nitrogens with zero attached hydrogens (tertiary/aromatic N) is 3. The molecule has 0 bridgehead atoms. The maximum atomic E-state index is 12.2. The van der Waals surface area contributed by atoms with Gasteiger partial charge < -0.3 is 10.4 Å². The fraction of sp³-hybridized carbons (Fsp3) is 0.0714. The zero-order valence-electron chi connectivity index (χ0n) is 10.5. The fourth-order valence-electron chi connectivity index (χ4n) is 1.90. The number of amides is 1. The summed E-state index contributed by atoms with van der Waals surface area (Å²) in [6.07, 6.45) is 6.39. The van der Waals surface area contributed by atoms with Crippen LogP contribution in [0, 0.1) is 0 Å². The maximum Gasteiger partial charge on any atom is 0.259 e. The van der Waals surface area contributed by atoms with E-state index in [1.165, 1.54) is 6.20 Å².